The number of methoxy groups -OCH3 is 1. The van der Waals surface area contributed by atoms with Gasteiger partial charge >= 0.3 is 0 Å². The van der Waals surface area contributed by atoms with Crippen LogP contribution in [0.4, 0.5) is 8.78 Å². The lowest BCUT2D eigenvalue weighted by molar-refractivity contribution is 0.0997. The highest BCUT2D eigenvalue weighted by atomic mass is 35.5. The average molecular weight is 383 g/mol. The molecule has 0 aliphatic rings. The van der Waals surface area contributed by atoms with Crippen LogP contribution in [-0.4, -0.2) is 24.2 Å². The second-order valence-corrected chi connectivity index (χ2v) is 6.57. The van der Waals surface area contributed by atoms with Gasteiger partial charge in [-0.25, -0.2) is 8.78 Å². The maximum Gasteiger partial charge on any atom is 0.281 e. The molecule has 4 nitrogen and oxygen atoms in total. The Balaban J connectivity index is 2.14. The third-order valence-corrected chi connectivity index (χ3v) is 4.89. The van der Waals surface area contributed by atoms with Crippen molar-refractivity contribution >= 4 is 39.1 Å². The second kappa shape index (κ2) is 7.43. The van der Waals surface area contributed by atoms with Crippen LogP contribution >= 0.6 is 22.9 Å². The first-order valence-corrected chi connectivity index (χ1v) is 8.51. The highest BCUT2D eigenvalue weighted by Gasteiger charge is 2.14. The Hall–Kier alpha value is -2.09. The van der Waals surface area contributed by atoms with Gasteiger partial charge in [0.15, 0.2) is 4.80 Å². The van der Waals surface area contributed by atoms with Crippen molar-refractivity contribution in [3.8, 4) is 0 Å². The summed E-state index contributed by atoms with van der Waals surface area (Å²) in [7, 11) is 1.53. The lowest BCUT2D eigenvalue weighted by Gasteiger charge is -2.05. The van der Waals surface area contributed by atoms with Gasteiger partial charge in [-0.05, 0) is 30.3 Å². The summed E-state index contributed by atoms with van der Waals surface area (Å²) in [6.45, 7) is 0.666. The molecule has 0 saturated carbocycles. The largest absolute Gasteiger partial charge is 0.383 e. The number of amides is 1. The van der Waals surface area contributed by atoms with Gasteiger partial charge in [0, 0.05) is 13.7 Å². The zero-order valence-electron chi connectivity index (χ0n) is 13.1. The Morgan fingerprint density at radius 1 is 1.32 bits per heavy atom. The minimum atomic E-state index is -0.622. The molecular formula is C17H13ClF2N2O2S. The second-order valence-electron chi connectivity index (χ2n) is 5.16. The molecule has 0 N–H and O–H groups in total. The van der Waals surface area contributed by atoms with Gasteiger partial charge in [0.25, 0.3) is 5.91 Å². The van der Waals surface area contributed by atoms with Crippen molar-refractivity contribution in [2.24, 2.45) is 4.99 Å². The van der Waals surface area contributed by atoms with Crippen molar-refractivity contribution in [1.29, 1.82) is 0 Å². The van der Waals surface area contributed by atoms with Crippen LogP contribution in [0.3, 0.4) is 0 Å². The van der Waals surface area contributed by atoms with Crippen molar-refractivity contribution in [2.75, 3.05) is 13.7 Å². The van der Waals surface area contributed by atoms with Crippen molar-refractivity contribution in [1.82, 2.24) is 4.57 Å². The number of halogens is 3. The fraction of sp³-hybridized carbons (Fsp3) is 0.176. The van der Waals surface area contributed by atoms with Gasteiger partial charge in [-0.3, -0.25) is 4.79 Å². The van der Waals surface area contributed by atoms with E-state index in [9.17, 15) is 13.6 Å². The molecule has 0 saturated heterocycles. The molecule has 0 aliphatic carbocycles. The molecule has 0 fully saturated rings. The summed E-state index contributed by atoms with van der Waals surface area (Å²) in [5.41, 5.74) is 0.445. The van der Waals surface area contributed by atoms with E-state index in [2.05, 4.69) is 4.99 Å². The van der Waals surface area contributed by atoms with Crippen LogP contribution in [0.5, 0.6) is 0 Å². The highest BCUT2D eigenvalue weighted by Crippen LogP contribution is 2.21. The number of hydrogen-bond donors (Lipinski definition) is 0. The average Bonchev–Trinajstić information content (AvgIpc) is 2.91. The molecular weight excluding hydrogens is 370 g/mol. The number of carbonyl (C=O) groups excluding carboxylic acids is 1. The molecule has 1 heterocycles. The van der Waals surface area contributed by atoms with Crippen molar-refractivity contribution in [3.63, 3.8) is 0 Å². The summed E-state index contributed by atoms with van der Waals surface area (Å²) in [4.78, 5) is 16.8. The van der Waals surface area contributed by atoms with Gasteiger partial charge in [0.05, 0.1) is 27.4 Å². The molecule has 8 heteroatoms. The standard InChI is InChI=1S/C17H13ClF2N2O2S/c1-24-8-7-22-15-13(20)3-2-4-14(15)25-17(22)21-16(23)11-6-5-10(19)9-12(11)18/h2-6,9H,7-8H2,1H3. The Kier molecular flexibility index (Phi) is 5.27. The van der Waals surface area contributed by atoms with Crippen molar-refractivity contribution < 1.29 is 18.3 Å². The number of fused-ring (bicyclic) bond motifs is 1. The zero-order valence-corrected chi connectivity index (χ0v) is 14.7. The van der Waals surface area contributed by atoms with Gasteiger partial charge in [-0.2, -0.15) is 4.99 Å². The Morgan fingerprint density at radius 3 is 2.84 bits per heavy atom. The first kappa shape index (κ1) is 17.7. The fourth-order valence-electron chi connectivity index (χ4n) is 2.37. The van der Waals surface area contributed by atoms with E-state index >= 15 is 0 Å². The maximum absolute atomic E-state index is 14.2. The lowest BCUT2D eigenvalue weighted by atomic mass is 10.2. The molecule has 0 aliphatic heterocycles. The smallest absolute Gasteiger partial charge is 0.281 e. The Bertz CT molecular complexity index is 1010. The molecule has 2 aromatic carbocycles. The number of nitrogens with zero attached hydrogens (tertiary/aromatic N) is 2. The van der Waals surface area contributed by atoms with E-state index in [0.29, 0.717) is 28.2 Å². The number of para-hydroxylation sites is 1. The molecule has 25 heavy (non-hydrogen) atoms. The van der Waals surface area contributed by atoms with Gasteiger partial charge in [-0.1, -0.05) is 29.0 Å². The molecule has 130 valence electrons. The zero-order chi connectivity index (χ0) is 18.0. The summed E-state index contributed by atoms with van der Waals surface area (Å²) in [6, 6.07) is 8.15. The fourth-order valence-corrected chi connectivity index (χ4v) is 3.69. The van der Waals surface area contributed by atoms with Crippen LogP contribution in [-0.2, 0) is 11.3 Å². The molecule has 1 amide bonds. The van der Waals surface area contributed by atoms with Crippen LogP contribution < -0.4 is 4.80 Å². The predicted molar refractivity (Wildman–Crippen MR) is 93.0 cm³/mol. The van der Waals surface area contributed by atoms with E-state index in [4.69, 9.17) is 16.3 Å². The predicted octanol–water partition coefficient (Wildman–Crippen LogP) is 4.02. The number of rotatable bonds is 4. The normalized spacial score (nSPS) is 12.1. The van der Waals surface area contributed by atoms with Crippen LogP contribution in [0.25, 0.3) is 10.2 Å². The van der Waals surface area contributed by atoms with E-state index < -0.39 is 17.5 Å². The molecule has 0 bridgehead atoms. The Morgan fingerprint density at radius 2 is 2.12 bits per heavy atom. The summed E-state index contributed by atoms with van der Waals surface area (Å²) in [5, 5.41) is -0.0236. The van der Waals surface area contributed by atoms with Crippen molar-refractivity contribution in [2.45, 2.75) is 6.54 Å². The molecule has 3 aromatic rings. The van der Waals surface area contributed by atoms with Crippen LogP contribution in [0.1, 0.15) is 10.4 Å². The summed E-state index contributed by atoms with van der Waals surface area (Å²) < 4.78 is 34.7. The van der Waals surface area contributed by atoms with Crippen molar-refractivity contribution in [3.05, 3.63) is 63.4 Å². The van der Waals surface area contributed by atoms with E-state index in [-0.39, 0.29) is 10.6 Å². The maximum atomic E-state index is 14.2. The van der Waals surface area contributed by atoms with E-state index in [1.165, 1.54) is 30.6 Å². The molecule has 0 spiro atoms. The summed E-state index contributed by atoms with van der Waals surface area (Å²) in [6.07, 6.45) is 0. The monoisotopic (exact) mass is 382 g/mol. The van der Waals surface area contributed by atoms with Gasteiger partial charge in [0.2, 0.25) is 0 Å². The molecule has 3 rings (SSSR count). The third-order valence-electron chi connectivity index (χ3n) is 3.53. The minimum Gasteiger partial charge on any atom is -0.383 e. The molecule has 0 radical (unpaired) electrons. The molecule has 1 aromatic heterocycles. The minimum absolute atomic E-state index is 0.0236. The van der Waals surface area contributed by atoms with Gasteiger partial charge in [-0.15, -0.1) is 0 Å². The van der Waals surface area contributed by atoms with E-state index in [1.54, 1.807) is 16.7 Å². The quantitative estimate of drug-likeness (QED) is 0.684. The number of benzene rings is 2. The van der Waals surface area contributed by atoms with Gasteiger partial charge in [0.1, 0.15) is 11.6 Å². The SMILES string of the molecule is COCCn1c(=NC(=O)c2ccc(F)cc2Cl)sc2cccc(F)c21. The topological polar surface area (TPSA) is 43.6 Å². The molecule has 0 unspecified atom stereocenters. The lowest BCUT2D eigenvalue weighted by Crippen LogP contribution is -2.20. The van der Waals surface area contributed by atoms with E-state index in [1.807, 2.05) is 0 Å². The first-order valence-electron chi connectivity index (χ1n) is 7.32. The van der Waals surface area contributed by atoms with E-state index in [0.717, 1.165) is 12.1 Å². The summed E-state index contributed by atoms with van der Waals surface area (Å²) in [5.74, 6) is -1.57. The van der Waals surface area contributed by atoms with Crippen LogP contribution in [0, 0.1) is 11.6 Å². The summed E-state index contributed by atoms with van der Waals surface area (Å²) >= 11 is 7.10. The number of thiazole rings is 1. The van der Waals surface area contributed by atoms with Gasteiger partial charge < -0.3 is 9.30 Å². The number of hydrogen-bond acceptors (Lipinski definition) is 3. The number of aromatic nitrogens is 1. The number of ether oxygens (including phenoxy) is 1. The highest BCUT2D eigenvalue weighted by molar-refractivity contribution is 7.16. The molecule has 0 atom stereocenters. The number of carbonyl (C=O) groups is 1. The third kappa shape index (κ3) is 3.63. The Labute approximate surface area is 151 Å². The van der Waals surface area contributed by atoms with Crippen LogP contribution in [0.2, 0.25) is 5.02 Å². The first-order chi connectivity index (χ1) is 12.0. The van der Waals surface area contributed by atoms with Crippen LogP contribution in [0.15, 0.2) is 41.4 Å².